The number of aromatic amines is 1. The van der Waals surface area contributed by atoms with E-state index in [1.54, 1.807) is 6.92 Å². The van der Waals surface area contributed by atoms with Crippen LogP contribution in [-0.2, 0) is 9.59 Å². The number of nitrogens with one attached hydrogen (secondary N) is 3. The van der Waals surface area contributed by atoms with Crippen molar-refractivity contribution >= 4 is 23.8 Å². The number of hydrogen-bond donors (Lipinski definition) is 5. The van der Waals surface area contributed by atoms with Crippen molar-refractivity contribution in [3.63, 3.8) is 0 Å². The van der Waals surface area contributed by atoms with Crippen LogP contribution < -0.4 is 10.6 Å². The van der Waals surface area contributed by atoms with E-state index in [9.17, 15) is 29.4 Å². The molecule has 6 rings (SSSR count). The fraction of sp³-hybridized carbons (Fsp3) is 0.171. The van der Waals surface area contributed by atoms with Crippen molar-refractivity contribution in [1.82, 2.24) is 25.6 Å². The largest absolute Gasteiger partial charge is 0.481 e. The second-order valence-corrected chi connectivity index (χ2v) is 12.3. The summed E-state index contributed by atoms with van der Waals surface area (Å²) in [6, 6.07) is 32.2. The van der Waals surface area contributed by atoms with Gasteiger partial charge in [-0.1, -0.05) is 97.1 Å². The first kappa shape index (κ1) is 37.4. The SMILES string of the molecule is Cc1ccccc1[C@H](CC(=O)O)NC(=O)c1cnc(-c2ccccc2)[nH]1.Cc1ccccc1[C@H](CC(=O)O)NC(=O)c1nc(-c2ccccc2)oc1C. The third kappa shape index (κ3) is 9.91. The van der Waals surface area contributed by atoms with Crippen LogP contribution in [0.25, 0.3) is 22.8 Å². The second-order valence-electron chi connectivity index (χ2n) is 12.3. The Bertz CT molecular complexity index is 2190. The molecule has 2 amide bonds. The number of aryl methyl sites for hydroxylation is 3. The Morgan fingerprint density at radius 3 is 1.64 bits per heavy atom. The van der Waals surface area contributed by atoms with Crippen molar-refractivity contribution in [2.75, 3.05) is 0 Å². The van der Waals surface area contributed by atoms with Crippen LogP contribution in [0, 0.1) is 20.8 Å². The maximum absolute atomic E-state index is 12.8. The van der Waals surface area contributed by atoms with Crippen LogP contribution in [0.2, 0.25) is 0 Å². The fourth-order valence-electron chi connectivity index (χ4n) is 5.74. The summed E-state index contributed by atoms with van der Waals surface area (Å²) in [4.78, 5) is 59.4. The van der Waals surface area contributed by atoms with Gasteiger partial charge in [-0.25, -0.2) is 9.97 Å². The van der Waals surface area contributed by atoms with E-state index in [1.165, 1.54) is 6.20 Å². The lowest BCUT2D eigenvalue weighted by molar-refractivity contribution is -0.138. The normalized spacial score (nSPS) is 11.8. The third-order valence-corrected chi connectivity index (χ3v) is 8.40. The highest BCUT2D eigenvalue weighted by molar-refractivity contribution is 5.94. The maximum Gasteiger partial charge on any atom is 0.305 e. The molecule has 270 valence electrons. The number of amides is 2. The van der Waals surface area contributed by atoms with E-state index in [0.717, 1.165) is 33.4 Å². The van der Waals surface area contributed by atoms with Gasteiger partial charge in [0, 0.05) is 11.1 Å². The number of oxazole rings is 1. The fourth-order valence-corrected chi connectivity index (χ4v) is 5.74. The number of nitrogens with zero attached hydrogens (tertiary/aromatic N) is 2. The molecule has 0 radical (unpaired) electrons. The number of imidazole rings is 1. The standard InChI is InChI=1S/C21H20N2O4.C20H19N3O3/c1-13-8-6-7-11-16(13)17(12-18(24)25)22-20(26)19-14(2)27-21(23-19)15-9-4-3-5-10-15;1-13-7-5-6-10-15(13)16(11-18(24)25)23-20(26)17-12-21-19(22-17)14-8-3-2-4-9-14/h3-11,17H,12H2,1-2H3,(H,22,26)(H,24,25);2-10,12,16H,11H2,1H3,(H,21,22)(H,23,26)(H,24,25)/t17-;16-/m00/s1. The Labute approximate surface area is 306 Å². The first-order valence-corrected chi connectivity index (χ1v) is 16.8. The van der Waals surface area contributed by atoms with E-state index in [2.05, 4.69) is 25.6 Å². The van der Waals surface area contributed by atoms with Crippen LogP contribution in [0.15, 0.2) is 120 Å². The van der Waals surface area contributed by atoms with Crippen molar-refractivity contribution in [2.24, 2.45) is 0 Å². The summed E-state index contributed by atoms with van der Waals surface area (Å²) in [6.45, 7) is 5.43. The number of benzene rings is 4. The Hall–Kier alpha value is -6.82. The minimum Gasteiger partial charge on any atom is -0.481 e. The predicted octanol–water partition coefficient (Wildman–Crippen LogP) is 7.24. The predicted molar refractivity (Wildman–Crippen MR) is 198 cm³/mol. The number of carbonyl (C=O) groups is 4. The zero-order valence-corrected chi connectivity index (χ0v) is 29.4. The molecule has 0 saturated heterocycles. The summed E-state index contributed by atoms with van der Waals surface area (Å²) in [5, 5.41) is 24.0. The molecule has 0 spiro atoms. The molecule has 0 aliphatic carbocycles. The quantitative estimate of drug-likeness (QED) is 0.0871. The molecule has 12 heteroatoms. The van der Waals surface area contributed by atoms with Crippen molar-refractivity contribution in [3.05, 3.63) is 155 Å². The molecule has 0 fully saturated rings. The van der Waals surface area contributed by atoms with Crippen molar-refractivity contribution in [3.8, 4) is 22.8 Å². The molecule has 2 heterocycles. The average Bonchev–Trinajstić information content (AvgIpc) is 3.80. The van der Waals surface area contributed by atoms with E-state index in [0.29, 0.717) is 17.5 Å². The lowest BCUT2D eigenvalue weighted by Gasteiger charge is -2.19. The van der Waals surface area contributed by atoms with E-state index < -0.39 is 35.8 Å². The Kier molecular flexibility index (Phi) is 12.3. The molecule has 0 aliphatic heterocycles. The molecular weight excluding hydrogens is 674 g/mol. The monoisotopic (exact) mass is 713 g/mol. The highest BCUT2D eigenvalue weighted by Crippen LogP contribution is 2.25. The first-order valence-electron chi connectivity index (χ1n) is 16.8. The summed E-state index contributed by atoms with van der Waals surface area (Å²) in [6.07, 6.45) is 1.03. The number of carboxylic acid groups (broad SMARTS) is 2. The van der Waals surface area contributed by atoms with Gasteiger partial charge in [0.15, 0.2) is 5.69 Å². The lowest BCUT2D eigenvalue weighted by Crippen LogP contribution is -2.31. The zero-order chi connectivity index (χ0) is 37.9. The number of rotatable bonds is 12. The molecule has 5 N–H and O–H groups in total. The Morgan fingerprint density at radius 2 is 1.13 bits per heavy atom. The molecule has 12 nitrogen and oxygen atoms in total. The van der Waals surface area contributed by atoms with E-state index in [-0.39, 0.29) is 24.2 Å². The van der Waals surface area contributed by atoms with Crippen molar-refractivity contribution < 1.29 is 33.8 Å². The van der Waals surface area contributed by atoms with Gasteiger partial charge in [0.1, 0.15) is 17.3 Å². The van der Waals surface area contributed by atoms with Crippen LogP contribution in [0.3, 0.4) is 0 Å². The summed E-state index contributed by atoms with van der Waals surface area (Å²) in [5.41, 5.74) is 5.45. The van der Waals surface area contributed by atoms with Crippen molar-refractivity contribution in [1.29, 1.82) is 0 Å². The molecule has 0 aliphatic rings. The molecule has 0 bridgehead atoms. The molecule has 2 atom stereocenters. The van der Waals surface area contributed by atoms with Gasteiger partial charge in [0.05, 0.1) is 31.1 Å². The molecule has 2 aromatic heterocycles. The number of carboxylic acids is 2. The van der Waals surface area contributed by atoms with E-state index in [4.69, 9.17) is 4.42 Å². The molecule has 0 unspecified atom stereocenters. The van der Waals surface area contributed by atoms with Gasteiger partial charge in [-0.15, -0.1) is 0 Å². The minimum absolute atomic E-state index is 0.151. The zero-order valence-electron chi connectivity index (χ0n) is 29.4. The summed E-state index contributed by atoms with van der Waals surface area (Å²) in [5.74, 6) is -1.52. The molecule has 0 saturated carbocycles. The highest BCUT2D eigenvalue weighted by atomic mass is 16.4. The molecular formula is C41H39N5O7. The van der Waals surface area contributed by atoms with Gasteiger partial charge >= 0.3 is 11.9 Å². The third-order valence-electron chi connectivity index (χ3n) is 8.40. The number of aliphatic carboxylic acids is 2. The van der Waals surface area contributed by atoms with Gasteiger partial charge in [-0.05, 0) is 55.2 Å². The summed E-state index contributed by atoms with van der Waals surface area (Å²) < 4.78 is 5.63. The van der Waals surface area contributed by atoms with Crippen LogP contribution in [0.4, 0.5) is 0 Å². The maximum atomic E-state index is 12.8. The van der Waals surface area contributed by atoms with Crippen molar-refractivity contribution in [2.45, 2.75) is 45.7 Å². The topological polar surface area (TPSA) is 188 Å². The van der Waals surface area contributed by atoms with E-state index >= 15 is 0 Å². The van der Waals surface area contributed by atoms with Gasteiger partial charge in [0.2, 0.25) is 5.89 Å². The number of aromatic nitrogens is 3. The smallest absolute Gasteiger partial charge is 0.305 e. The molecule has 53 heavy (non-hydrogen) atoms. The van der Waals surface area contributed by atoms with Gasteiger partial charge in [-0.3, -0.25) is 19.2 Å². The van der Waals surface area contributed by atoms with Crippen LogP contribution in [0.1, 0.15) is 73.9 Å². The summed E-state index contributed by atoms with van der Waals surface area (Å²) in [7, 11) is 0. The Balaban J connectivity index is 0.000000204. The average molecular weight is 714 g/mol. The Morgan fingerprint density at radius 1 is 0.660 bits per heavy atom. The number of hydrogen-bond acceptors (Lipinski definition) is 7. The van der Waals surface area contributed by atoms with Crippen LogP contribution in [-0.4, -0.2) is 48.9 Å². The first-order chi connectivity index (χ1) is 25.5. The van der Waals surface area contributed by atoms with Gasteiger partial charge < -0.3 is 30.2 Å². The van der Waals surface area contributed by atoms with Crippen LogP contribution in [0.5, 0.6) is 0 Å². The highest BCUT2D eigenvalue weighted by Gasteiger charge is 2.25. The molecule has 6 aromatic rings. The lowest BCUT2D eigenvalue weighted by atomic mass is 9.98. The second kappa shape index (κ2) is 17.4. The number of H-pyrrole nitrogens is 1. The summed E-state index contributed by atoms with van der Waals surface area (Å²) >= 11 is 0. The van der Waals surface area contributed by atoms with E-state index in [1.807, 2.05) is 123 Å². The van der Waals surface area contributed by atoms with Gasteiger partial charge in [-0.2, -0.15) is 0 Å². The minimum atomic E-state index is -0.995. The number of carbonyl (C=O) groups excluding carboxylic acids is 2. The molecule has 4 aromatic carbocycles. The van der Waals surface area contributed by atoms with Gasteiger partial charge in [0.25, 0.3) is 11.8 Å². The van der Waals surface area contributed by atoms with Crippen LogP contribution >= 0.6 is 0 Å².